The fourth-order valence-corrected chi connectivity index (χ4v) is 2.57. The van der Waals surface area contributed by atoms with Gasteiger partial charge >= 0.3 is 0 Å². The summed E-state index contributed by atoms with van der Waals surface area (Å²) in [5, 5.41) is 3.44. The Morgan fingerprint density at radius 1 is 1.00 bits per heavy atom. The van der Waals surface area contributed by atoms with Crippen LogP contribution in [0.3, 0.4) is 0 Å². The van der Waals surface area contributed by atoms with Crippen molar-refractivity contribution in [1.29, 1.82) is 0 Å². The Hall–Kier alpha value is 0.210. The van der Waals surface area contributed by atoms with Crippen LogP contribution in [0.25, 0.3) is 0 Å². The largest absolute Gasteiger partial charge is 0.317 e. The van der Waals surface area contributed by atoms with Crippen molar-refractivity contribution in [2.75, 3.05) is 26.2 Å². The molecule has 2 heterocycles. The van der Waals surface area contributed by atoms with Crippen molar-refractivity contribution in [2.24, 2.45) is 5.92 Å². The summed E-state index contributed by atoms with van der Waals surface area (Å²) in [7, 11) is 0. The van der Waals surface area contributed by atoms with E-state index in [1.165, 1.54) is 51.9 Å². The Morgan fingerprint density at radius 3 is 2.14 bits per heavy atom. The van der Waals surface area contributed by atoms with E-state index in [1.807, 2.05) is 0 Å². The van der Waals surface area contributed by atoms with E-state index in [0.717, 1.165) is 12.0 Å². The summed E-state index contributed by atoms with van der Waals surface area (Å²) in [5.41, 5.74) is 0. The number of halogens is 1. The monoisotopic (exact) mass is 218 g/mol. The van der Waals surface area contributed by atoms with Crippen molar-refractivity contribution in [3.8, 4) is 0 Å². The number of nitrogens with zero attached hydrogens (tertiary/aromatic N) is 1. The number of nitrogens with one attached hydrogen (secondary N) is 1. The minimum Gasteiger partial charge on any atom is -0.317 e. The highest BCUT2D eigenvalue weighted by Crippen LogP contribution is 2.21. The molecule has 0 unspecified atom stereocenters. The number of likely N-dealkylation sites (tertiary alicyclic amines) is 1. The Bertz CT molecular complexity index is 149. The van der Waals surface area contributed by atoms with Crippen LogP contribution in [0.2, 0.25) is 0 Å². The Labute approximate surface area is 93.8 Å². The molecule has 2 saturated heterocycles. The van der Waals surface area contributed by atoms with Crippen LogP contribution in [0.1, 0.15) is 32.6 Å². The van der Waals surface area contributed by atoms with E-state index in [1.54, 1.807) is 0 Å². The maximum atomic E-state index is 3.44. The van der Waals surface area contributed by atoms with E-state index >= 15 is 0 Å². The summed E-state index contributed by atoms with van der Waals surface area (Å²) in [6.45, 7) is 7.56. The topological polar surface area (TPSA) is 15.3 Å². The third-order valence-electron chi connectivity index (χ3n) is 3.64. The quantitative estimate of drug-likeness (QED) is 0.723. The van der Waals surface area contributed by atoms with Gasteiger partial charge in [-0.15, -0.1) is 12.4 Å². The summed E-state index contributed by atoms with van der Waals surface area (Å²) >= 11 is 0. The Kier molecular flexibility index (Phi) is 5.21. The van der Waals surface area contributed by atoms with Gasteiger partial charge in [0, 0.05) is 6.04 Å². The minimum absolute atomic E-state index is 0. The lowest BCUT2D eigenvalue weighted by atomic mass is 9.95. The summed E-state index contributed by atoms with van der Waals surface area (Å²) < 4.78 is 0. The van der Waals surface area contributed by atoms with E-state index in [-0.39, 0.29) is 12.4 Å². The van der Waals surface area contributed by atoms with Gasteiger partial charge in [0.25, 0.3) is 0 Å². The van der Waals surface area contributed by atoms with Crippen LogP contribution in [0, 0.1) is 5.92 Å². The highest BCUT2D eigenvalue weighted by atomic mass is 35.5. The molecule has 2 rings (SSSR count). The van der Waals surface area contributed by atoms with E-state index in [4.69, 9.17) is 0 Å². The molecule has 0 radical (unpaired) electrons. The smallest absolute Gasteiger partial charge is 0.0119 e. The lowest BCUT2D eigenvalue weighted by molar-refractivity contribution is 0.115. The first-order valence-electron chi connectivity index (χ1n) is 5.81. The summed E-state index contributed by atoms with van der Waals surface area (Å²) in [6.07, 6.45) is 5.58. The fraction of sp³-hybridized carbons (Fsp3) is 1.00. The molecule has 84 valence electrons. The molecule has 0 bridgehead atoms. The molecule has 0 amide bonds. The molecule has 2 nitrogen and oxygen atoms in total. The van der Waals surface area contributed by atoms with Gasteiger partial charge in [-0.25, -0.2) is 0 Å². The van der Waals surface area contributed by atoms with Crippen molar-refractivity contribution in [1.82, 2.24) is 10.2 Å². The Balaban J connectivity index is 0.000000980. The van der Waals surface area contributed by atoms with E-state index in [0.29, 0.717) is 0 Å². The summed E-state index contributed by atoms with van der Waals surface area (Å²) in [4.78, 5) is 2.72. The fourth-order valence-electron chi connectivity index (χ4n) is 2.57. The van der Waals surface area contributed by atoms with Crippen LogP contribution in [0.4, 0.5) is 0 Å². The SMILES string of the molecule is CC1CCN(C2CCNCC2)CC1.Cl. The molecule has 2 fully saturated rings. The summed E-state index contributed by atoms with van der Waals surface area (Å²) in [6, 6.07) is 0.897. The molecule has 0 aliphatic carbocycles. The molecule has 0 atom stereocenters. The maximum Gasteiger partial charge on any atom is 0.0119 e. The third kappa shape index (κ3) is 3.11. The first-order chi connectivity index (χ1) is 6.36. The predicted molar refractivity (Wildman–Crippen MR) is 63.1 cm³/mol. The van der Waals surface area contributed by atoms with E-state index in [9.17, 15) is 0 Å². The van der Waals surface area contributed by atoms with Crippen LogP contribution in [-0.4, -0.2) is 37.1 Å². The van der Waals surface area contributed by atoms with Gasteiger partial charge in [0.2, 0.25) is 0 Å². The first-order valence-corrected chi connectivity index (χ1v) is 5.81. The number of piperidine rings is 2. The van der Waals surface area contributed by atoms with Crippen molar-refractivity contribution in [3.05, 3.63) is 0 Å². The van der Waals surface area contributed by atoms with Crippen LogP contribution in [0.5, 0.6) is 0 Å². The third-order valence-corrected chi connectivity index (χ3v) is 3.64. The zero-order chi connectivity index (χ0) is 9.10. The molecule has 3 heteroatoms. The average Bonchev–Trinajstić information content (AvgIpc) is 2.20. The highest BCUT2D eigenvalue weighted by Gasteiger charge is 2.24. The molecule has 0 aromatic rings. The van der Waals surface area contributed by atoms with E-state index in [2.05, 4.69) is 17.1 Å². The lowest BCUT2D eigenvalue weighted by Crippen LogP contribution is -2.46. The average molecular weight is 219 g/mol. The number of hydrogen-bond acceptors (Lipinski definition) is 2. The highest BCUT2D eigenvalue weighted by molar-refractivity contribution is 5.85. The second-order valence-corrected chi connectivity index (χ2v) is 4.70. The van der Waals surface area contributed by atoms with Crippen LogP contribution < -0.4 is 5.32 Å². The van der Waals surface area contributed by atoms with Gasteiger partial charge in [0.05, 0.1) is 0 Å². The van der Waals surface area contributed by atoms with Gasteiger partial charge in [-0.2, -0.15) is 0 Å². The standard InChI is InChI=1S/C11H22N2.ClH/c1-10-4-8-13(9-5-10)11-2-6-12-7-3-11;/h10-12H,2-9H2,1H3;1H. The second-order valence-electron chi connectivity index (χ2n) is 4.70. The van der Waals surface area contributed by atoms with Gasteiger partial charge in [0.1, 0.15) is 0 Å². The van der Waals surface area contributed by atoms with E-state index < -0.39 is 0 Å². The van der Waals surface area contributed by atoms with Crippen molar-refractivity contribution >= 4 is 12.4 Å². The summed E-state index contributed by atoms with van der Waals surface area (Å²) in [5.74, 6) is 0.970. The molecular formula is C11H23ClN2. The normalized spacial score (nSPS) is 27.2. The number of hydrogen-bond donors (Lipinski definition) is 1. The molecule has 0 spiro atoms. The molecule has 0 saturated carbocycles. The molecule has 2 aliphatic rings. The number of rotatable bonds is 1. The van der Waals surface area contributed by atoms with Crippen LogP contribution in [0.15, 0.2) is 0 Å². The molecule has 0 aromatic carbocycles. The van der Waals surface area contributed by atoms with Crippen molar-refractivity contribution in [2.45, 2.75) is 38.6 Å². The van der Waals surface area contributed by atoms with Crippen molar-refractivity contribution < 1.29 is 0 Å². The predicted octanol–water partition coefficient (Wildman–Crippen LogP) is 1.89. The van der Waals surface area contributed by atoms with Crippen LogP contribution in [-0.2, 0) is 0 Å². The minimum atomic E-state index is 0. The lowest BCUT2D eigenvalue weighted by Gasteiger charge is -2.38. The zero-order valence-corrected chi connectivity index (χ0v) is 9.98. The van der Waals surface area contributed by atoms with Crippen LogP contribution >= 0.6 is 12.4 Å². The Morgan fingerprint density at radius 2 is 1.57 bits per heavy atom. The first kappa shape index (κ1) is 12.3. The van der Waals surface area contributed by atoms with Gasteiger partial charge in [-0.05, 0) is 57.8 Å². The van der Waals surface area contributed by atoms with Gasteiger partial charge in [0.15, 0.2) is 0 Å². The maximum absolute atomic E-state index is 3.44. The molecule has 1 N–H and O–H groups in total. The molecule has 0 aromatic heterocycles. The van der Waals surface area contributed by atoms with Gasteiger partial charge in [-0.3, -0.25) is 0 Å². The molecule has 2 aliphatic heterocycles. The van der Waals surface area contributed by atoms with Gasteiger partial charge < -0.3 is 10.2 Å². The second kappa shape index (κ2) is 5.94. The zero-order valence-electron chi connectivity index (χ0n) is 9.17. The molecule has 14 heavy (non-hydrogen) atoms. The molecular weight excluding hydrogens is 196 g/mol. The van der Waals surface area contributed by atoms with Crippen molar-refractivity contribution in [3.63, 3.8) is 0 Å². The van der Waals surface area contributed by atoms with Gasteiger partial charge in [-0.1, -0.05) is 6.92 Å².